The second-order valence-electron chi connectivity index (χ2n) is 6.13. The van der Waals surface area contributed by atoms with E-state index in [1.165, 1.54) is 11.3 Å². The summed E-state index contributed by atoms with van der Waals surface area (Å²) in [5.74, 6) is 0. The molecular formula is C20H22N2O. The molecule has 1 N–H and O–H groups in total. The van der Waals surface area contributed by atoms with Gasteiger partial charge in [-0.15, -0.1) is 0 Å². The van der Waals surface area contributed by atoms with E-state index in [2.05, 4.69) is 42.2 Å². The maximum Gasteiger partial charge on any atom is 0.0991 e. The molecule has 118 valence electrons. The SMILES string of the molecule is CCC1CCc2ccccc2N1CC(O)c1ccc(C#N)cc1. The van der Waals surface area contributed by atoms with Gasteiger partial charge in [0.15, 0.2) is 0 Å². The Bertz CT molecular complexity index is 702. The van der Waals surface area contributed by atoms with Crippen LogP contribution in [0.3, 0.4) is 0 Å². The number of aryl methyl sites for hydroxylation is 1. The van der Waals surface area contributed by atoms with E-state index in [9.17, 15) is 5.11 Å². The normalized spacial score (nSPS) is 18.1. The van der Waals surface area contributed by atoms with Crippen molar-refractivity contribution in [2.24, 2.45) is 0 Å². The number of anilines is 1. The van der Waals surface area contributed by atoms with Crippen LogP contribution in [-0.2, 0) is 6.42 Å². The van der Waals surface area contributed by atoms with E-state index in [1.807, 2.05) is 12.1 Å². The van der Waals surface area contributed by atoms with Crippen molar-refractivity contribution in [2.75, 3.05) is 11.4 Å². The van der Waals surface area contributed by atoms with Crippen LogP contribution in [0.5, 0.6) is 0 Å². The first-order chi connectivity index (χ1) is 11.2. The van der Waals surface area contributed by atoms with Gasteiger partial charge in [0.25, 0.3) is 0 Å². The van der Waals surface area contributed by atoms with Crippen LogP contribution < -0.4 is 4.90 Å². The lowest BCUT2D eigenvalue weighted by Crippen LogP contribution is -2.41. The van der Waals surface area contributed by atoms with Crippen molar-refractivity contribution in [3.05, 3.63) is 65.2 Å². The molecule has 3 nitrogen and oxygen atoms in total. The van der Waals surface area contributed by atoms with E-state index in [1.54, 1.807) is 12.1 Å². The molecule has 1 heterocycles. The van der Waals surface area contributed by atoms with Gasteiger partial charge >= 0.3 is 0 Å². The summed E-state index contributed by atoms with van der Waals surface area (Å²) in [6.07, 6.45) is 2.77. The number of nitriles is 1. The van der Waals surface area contributed by atoms with Gasteiger partial charge in [-0.25, -0.2) is 0 Å². The van der Waals surface area contributed by atoms with Gasteiger partial charge in [-0.2, -0.15) is 5.26 Å². The number of rotatable bonds is 4. The molecule has 2 atom stereocenters. The van der Waals surface area contributed by atoms with Crippen LogP contribution in [0.25, 0.3) is 0 Å². The van der Waals surface area contributed by atoms with Crippen LogP contribution in [0.2, 0.25) is 0 Å². The number of aliphatic hydroxyl groups excluding tert-OH is 1. The molecule has 0 bridgehead atoms. The van der Waals surface area contributed by atoms with Gasteiger partial charge in [-0.3, -0.25) is 0 Å². The Morgan fingerprint density at radius 3 is 2.65 bits per heavy atom. The average molecular weight is 306 g/mol. The minimum atomic E-state index is -0.553. The molecule has 1 aliphatic heterocycles. The zero-order valence-electron chi connectivity index (χ0n) is 13.4. The Labute approximate surface area is 137 Å². The number of aliphatic hydroxyl groups is 1. The molecule has 23 heavy (non-hydrogen) atoms. The molecule has 0 amide bonds. The zero-order valence-corrected chi connectivity index (χ0v) is 13.4. The van der Waals surface area contributed by atoms with E-state index in [0.717, 1.165) is 24.8 Å². The topological polar surface area (TPSA) is 47.3 Å². The van der Waals surface area contributed by atoms with Gasteiger partial charge < -0.3 is 10.0 Å². The maximum absolute atomic E-state index is 10.7. The monoisotopic (exact) mass is 306 g/mol. The van der Waals surface area contributed by atoms with E-state index < -0.39 is 6.10 Å². The van der Waals surface area contributed by atoms with Crippen LogP contribution in [-0.4, -0.2) is 17.7 Å². The first kappa shape index (κ1) is 15.6. The lowest BCUT2D eigenvalue weighted by Gasteiger charge is -2.39. The number of β-amino-alcohol motifs (C(OH)–C–C–N with tert-alkyl or cyclic N) is 1. The minimum absolute atomic E-state index is 0.470. The summed E-state index contributed by atoms with van der Waals surface area (Å²) < 4.78 is 0. The number of hydrogen-bond donors (Lipinski definition) is 1. The highest BCUT2D eigenvalue weighted by Crippen LogP contribution is 2.33. The first-order valence-electron chi connectivity index (χ1n) is 8.25. The quantitative estimate of drug-likeness (QED) is 0.934. The van der Waals surface area contributed by atoms with Crippen molar-refractivity contribution in [3.63, 3.8) is 0 Å². The van der Waals surface area contributed by atoms with Crippen LogP contribution in [0.15, 0.2) is 48.5 Å². The van der Waals surface area contributed by atoms with Crippen LogP contribution in [0.4, 0.5) is 5.69 Å². The highest BCUT2D eigenvalue weighted by atomic mass is 16.3. The summed E-state index contributed by atoms with van der Waals surface area (Å²) in [7, 11) is 0. The standard InChI is InChI=1S/C20H22N2O/c1-2-18-12-11-16-5-3-4-6-19(16)22(18)14-20(23)17-9-7-15(13-21)8-10-17/h3-10,18,20,23H,2,11-12,14H2,1H3. The van der Waals surface area contributed by atoms with Gasteiger partial charge in [0, 0.05) is 18.3 Å². The molecular weight excluding hydrogens is 284 g/mol. The molecule has 2 unspecified atom stereocenters. The third kappa shape index (κ3) is 3.23. The lowest BCUT2D eigenvalue weighted by molar-refractivity contribution is 0.178. The largest absolute Gasteiger partial charge is 0.387 e. The molecule has 3 rings (SSSR count). The summed E-state index contributed by atoms with van der Waals surface area (Å²) in [4.78, 5) is 2.35. The maximum atomic E-state index is 10.7. The smallest absolute Gasteiger partial charge is 0.0991 e. The number of hydrogen-bond acceptors (Lipinski definition) is 3. The molecule has 0 saturated carbocycles. The van der Waals surface area contributed by atoms with Crippen molar-refractivity contribution in [3.8, 4) is 6.07 Å². The Morgan fingerprint density at radius 1 is 1.22 bits per heavy atom. The molecule has 0 radical (unpaired) electrons. The Hall–Kier alpha value is -2.31. The molecule has 1 aliphatic rings. The Kier molecular flexibility index (Phi) is 4.64. The van der Waals surface area contributed by atoms with Gasteiger partial charge in [-0.1, -0.05) is 37.3 Å². The fourth-order valence-electron chi connectivity index (χ4n) is 3.42. The van der Waals surface area contributed by atoms with E-state index in [-0.39, 0.29) is 0 Å². The molecule has 0 fully saturated rings. The van der Waals surface area contributed by atoms with E-state index >= 15 is 0 Å². The predicted molar refractivity (Wildman–Crippen MR) is 92.3 cm³/mol. The van der Waals surface area contributed by atoms with E-state index in [4.69, 9.17) is 5.26 Å². The van der Waals surface area contributed by atoms with Gasteiger partial charge in [-0.05, 0) is 48.6 Å². The van der Waals surface area contributed by atoms with Crippen molar-refractivity contribution < 1.29 is 5.11 Å². The van der Waals surface area contributed by atoms with E-state index in [0.29, 0.717) is 18.2 Å². The van der Waals surface area contributed by atoms with Crippen molar-refractivity contribution >= 4 is 5.69 Å². The highest BCUT2D eigenvalue weighted by molar-refractivity contribution is 5.56. The molecule has 2 aromatic rings. The molecule has 0 aliphatic carbocycles. The summed E-state index contributed by atoms with van der Waals surface area (Å²) in [5.41, 5.74) is 4.10. The fraction of sp³-hybridized carbons (Fsp3) is 0.350. The average Bonchev–Trinajstić information content (AvgIpc) is 2.62. The highest BCUT2D eigenvalue weighted by Gasteiger charge is 2.26. The number of nitrogens with zero attached hydrogens (tertiary/aromatic N) is 2. The molecule has 0 spiro atoms. The van der Waals surface area contributed by atoms with Gasteiger partial charge in [0.2, 0.25) is 0 Å². The third-order valence-corrected chi connectivity index (χ3v) is 4.75. The summed E-state index contributed by atoms with van der Waals surface area (Å²) >= 11 is 0. The Balaban J connectivity index is 1.83. The second-order valence-corrected chi connectivity index (χ2v) is 6.13. The van der Waals surface area contributed by atoms with Crippen LogP contribution in [0.1, 0.15) is 42.6 Å². The van der Waals surface area contributed by atoms with Crippen molar-refractivity contribution in [1.29, 1.82) is 5.26 Å². The first-order valence-corrected chi connectivity index (χ1v) is 8.25. The van der Waals surface area contributed by atoms with Gasteiger partial charge in [0.1, 0.15) is 0 Å². The van der Waals surface area contributed by atoms with Crippen LogP contribution in [0, 0.1) is 11.3 Å². The summed E-state index contributed by atoms with van der Waals surface area (Å²) in [5, 5.41) is 19.5. The summed E-state index contributed by atoms with van der Waals surface area (Å²) in [6, 6.07) is 18.3. The van der Waals surface area contributed by atoms with Gasteiger partial charge in [0.05, 0.1) is 17.7 Å². The van der Waals surface area contributed by atoms with Crippen LogP contribution >= 0.6 is 0 Å². The number of fused-ring (bicyclic) bond motifs is 1. The molecule has 3 heteroatoms. The minimum Gasteiger partial charge on any atom is -0.387 e. The van der Waals surface area contributed by atoms with Crippen molar-refractivity contribution in [2.45, 2.75) is 38.3 Å². The molecule has 2 aromatic carbocycles. The Morgan fingerprint density at radius 2 is 1.96 bits per heavy atom. The van der Waals surface area contributed by atoms with Crippen molar-refractivity contribution in [1.82, 2.24) is 0 Å². The number of benzene rings is 2. The predicted octanol–water partition coefficient (Wildman–Crippen LogP) is 3.82. The molecule has 0 aromatic heterocycles. The fourth-order valence-corrected chi connectivity index (χ4v) is 3.42. The lowest BCUT2D eigenvalue weighted by atomic mass is 9.93. The summed E-state index contributed by atoms with van der Waals surface area (Å²) in [6.45, 7) is 2.79. The molecule has 0 saturated heterocycles. The second kappa shape index (κ2) is 6.85. The number of para-hydroxylation sites is 1. The third-order valence-electron chi connectivity index (χ3n) is 4.75. The zero-order chi connectivity index (χ0) is 16.2.